The van der Waals surface area contributed by atoms with Crippen molar-refractivity contribution in [2.45, 2.75) is 13.3 Å². The normalized spacial score (nSPS) is 10.7. The molecule has 1 amide bonds. The number of fused-ring (bicyclic) bond motifs is 1. The predicted octanol–water partition coefficient (Wildman–Crippen LogP) is 4.45. The number of carbonyl (C=O) groups is 1. The molecule has 2 aromatic carbocycles. The number of anilines is 1. The number of methoxy groups -OCH3 is 1. The van der Waals surface area contributed by atoms with Gasteiger partial charge in [0.05, 0.1) is 18.2 Å². The summed E-state index contributed by atoms with van der Waals surface area (Å²) in [6, 6.07) is 11.2. The molecule has 118 valence electrons. The third-order valence-electron chi connectivity index (χ3n) is 3.48. The molecular weight excluding hydrogens is 332 g/mol. The number of rotatable bonds is 4. The van der Waals surface area contributed by atoms with Crippen molar-refractivity contribution < 1.29 is 9.53 Å². The molecule has 6 heteroatoms. The zero-order chi connectivity index (χ0) is 16.4. The number of carbonyl (C=O) groups excluding carboxylic acids is 1. The number of amides is 1. The highest BCUT2D eigenvalue weighted by molar-refractivity contribution is 7.22. The van der Waals surface area contributed by atoms with Gasteiger partial charge >= 0.3 is 0 Å². The molecule has 23 heavy (non-hydrogen) atoms. The SMILES string of the molecule is COc1ccc(C)c2sc(NC(=O)Cc3ccccc3Cl)nc12. The molecule has 4 nitrogen and oxygen atoms in total. The van der Waals surface area contributed by atoms with Crippen molar-refractivity contribution in [2.24, 2.45) is 0 Å². The molecule has 0 atom stereocenters. The van der Waals surface area contributed by atoms with Crippen molar-refractivity contribution in [3.63, 3.8) is 0 Å². The first-order valence-electron chi connectivity index (χ1n) is 7.06. The Hall–Kier alpha value is -2.11. The van der Waals surface area contributed by atoms with Gasteiger partial charge in [0.15, 0.2) is 5.13 Å². The average molecular weight is 347 g/mol. The van der Waals surface area contributed by atoms with E-state index in [9.17, 15) is 4.79 Å². The van der Waals surface area contributed by atoms with Crippen LogP contribution in [0.4, 0.5) is 5.13 Å². The smallest absolute Gasteiger partial charge is 0.230 e. The molecule has 0 aliphatic carbocycles. The van der Waals surface area contributed by atoms with E-state index in [1.54, 1.807) is 13.2 Å². The highest BCUT2D eigenvalue weighted by Crippen LogP contribution is 2.34. The van der Waals surface area contributed by atoms with Crippen molar-refractivity contribution in [3.05, 3.63) is 52.5 Å². The summed E-state index contributed by atoms with van der Waals surface area (Å²) in [5.41, 5.74) is 2.66. The molecule has 1 aromatic heterocycles. The second-order valence-electron chi connectivity index (χ2n) is 5.10. The number of benzene rings is 2. The summed E-state index contributed by atoms with van der Waals surface area (Å²) in [5, 5.41) is 3.99. The third kappa shape index (κ3) is 3.30. The second-order valence-corrected chi connectivity index (χ2v) is 6.50. The highest BCUT2D eigenvalue weighted by Gasteiger charge is 2.14. The lowest BCUT2D eigenvalue weighted by Crippen LogP contribution is -2.14. The maximum absolute atomic E-state index is 12.2. The van der Waals surface area contributed by atoms with E-state index in [0.29, 0.717) is 15.9 Å². The Balaban J connectivity index is 1.83. The number of hydrogen-bond donors (Lipinski definition) is 1. The van der Waals surface area contributed by atoms with Crippen molar-refractivity contribution in [1.29, 1.82) is 0 Å². The van der Waals surface area contributed by atoms with Crippen LogP contribution in [0.3, 0.4) is 0 Å². The third-order valence-corrected chi connectivity index (χ3v) is 4.95. The van der Waals surface area contributed by atoms with Crippen LogP contribution in [0.25, 0.3) is 10.2 Å². The number of ether oxygens (including phenoxy) is 1. The van der Waals surface area contributed by atoms with Gasteiger partial charge in [-0.2, -0.15) is 0 Å². The number of hydrogen-bond acceptors (Lipinski definition) is 4. The highest BCUT2D eigenvalue weighted by atomic mass is 35.5. The summed E-state index contributed by atoms with van der Waals surface area (Å²) in [6.07, 6.45) is 0.214. The van der Waals surface area contributed by atoms with Crippen molar-refractivity contribution in [3.8, 4) is 5.75 Å². The molecular formula is C17H15ClN2O2S. The molecule has 0 unspecified atom stereocenters. The van der Waals surface area contributed by atoms with Gasteiger partial charge in [-0.25, -0.2) is 4.98 Å². The largest absolute Gasteiger partial charge is 0.494 e. The number of nitrogens with zero attached hydrogens (tertiary/aromatic N) is 1. The number of aryl methyl sites for hydroxylation is 1. The standard InChI is InChI=1S/C17H15ClN2O2S/c1-10-7-8-13(22-2)15-16(10)23-17(20-15)19-14(21)9-11-5-3-4-6-12(11)18/h3-8H,9H2,1-2H3,(H,19,20,21). The summed E-state index contributed by atoms with van der Waals surface area (Å²) < 4.78 is 6.34. The van der Waals surface area contributed by atoms with Crippen LogP contribution in [0, 0.1) is 6.92 Å². The lowest BCUT2D eigenvalue weighted by atomic mass is 10.1. The van der Waals surface area contributed by atoms with Crippen LogP contribution in [-0.4, -0.2) is 18.0 Å². The number of thiazole rings is 1. The van der Waals surface area contributed by atoms with Gasteiger partial charge in [-0.3, -0.25) is 4.79 Å². The Kier molecular flexibility index (Phi) is 4.50. The zero-order valence-corrected chi connectivity index (χ0v) is 14.3. The fraction of sp³-hybridized carbons (Fsp3) is 0.176. The molecule has 0 spiro atoms. The van der Waals surface area contributed by atoms with Gasteiger partial charge in [0, 0.05) is 5.02 Å². The van der Waals surface area contributed by atoms with Crippen molar-refractivity contribution >= 4 is 44.2 Å². The van der Waals surface area contributed by atoms with Crippen molar-refractivity contribution in [2.75, 3.05) is 12.4 Å². The Morgan fingerprint density at radius 1 is 1.30 bits per heavy atom. The average Bonchev–Trinajstić information content (AvgIpc) is 2.94. The first-order chi connectivity index (χ1) is 11.1. The lowest BCUT2D eigenvalue weighted by Gasteiger charge is -2.03. The van der Waals surface area contributed by atoms with Gasteiger partial charge in [0.25, 0.3) is 0 Å². The zero-order valence-electron chi connectivity index (χ0n) is 12.7. The Morgan fingerprint density at radius 3 is 2.83 bits per heavy atom. The molecule has 1 N–H and O–H groups in total. The minimum atomic E-state index is -0.145. The Morgan fingerprint density at radius 2 is 2.09 bits per heavy atom. The van der Waals surface area contributed by atoms with Crippen molar-refractivity contribution in [1.82, 2.24) is 4.98 Å². The van der Waals surface area contributed by atoms with Gasteiger partial charge in [0.2, 0.25) is 5.91 Å². The number of aromatic nitrogens is 1. The molecule has 0 radical (unpaired) electrons. The Labute approximate surface area is 143 Å². The van der Waals surface area contributed by atoms with E-state index in [0.717, 1.165) is 21.3 Å². The van der Waals surface area contributed by atoms with E-state index < -0.39 is 0 Å². The van der Waals surface area contributed by atoms with E-state index in [2.05, 4.69) is 10.3 Å². The maximum Gasteiger partial charge on any atom is 0.230 e. The fourth-order valence-electron chi connectivity index (χ4n) is 2.31. The van der Waals surface area contributed by atoms with Crippen LogP contribution in [0.2, 0.25) is 5.02 Å². The fourth-order valence-corrected chi connectivity index (χ4v) is 3.48. The van der Waals surface area contributed by atoms with Gasteiger partial charge < -0.3 is 10.1 Å². The minimum absolute atomic E-state index is 0.145. The van der Waals surface area contributed by atoms with Crippen LogP contribution in [-0.2, 0) is 11.2 Å². The van der Waals surface area contributed by atoms with Crippen LogP contribution >= 0.6 is 22.9 Å². The second kappa shape index (κ2) is 6.56. The molecule has 1 heterocycles. The summed E-state index contributed by atoms with van der Waals surface area (Å²) in [6.45, 7) is 2.01. The Bertz CT molecular complexity index is 876. The van der Waals surface area contributed by atoms with Gasteiger partial charge in [-0.05, 0) is 30.2 Å². The number of halogens is 1. The first kappa shape index (κ1) is 15.8. The van der Waals surface area contributed by atoms with E-state index in [1.165, 1.54) is 11.3 Å². The molecule has 3 aromatic rings. The van der Waals surface area contributed by atoms with Gasteiger partial charge in [0.1, 0.15) is 11.3 Å². The molecule has 0 aliphatic rings. The lowest BCUT2D eigenvalue weighted by molar-refractivity contribution is -0.115. The molecule has 0 saturated heterocycles. The molecule has 0 saturated carbocycles. The van der Waals surface area contributed by atoms with E-state index in [4.69, 9.17) is 16.3 Å². The quantitative estimate of drug-likeness (QED) is 0.759. The van der Waals surface area contributed by atoms with E-state index in [-0.39, 0.29) is 12.3 Å². The van der Waals surface area contributed by atoms with Crippen LogP contribution in [0.5, 0.6) is 5.75 Å². The minimum Gasteiger partial charge on any atom is -0.494 e. The van der Waals surface area contributed by atoms with Gasteiger partial charge in [-0.15, -0.1) is 0 Å². The predicted molar refractivity (Wildman–Crippen MR) is 94.7 cm³/mol. The summed E-state index contributed by atoms with van der Waals surface area (Å²) >= 11 is 7.53. The topological polar surface area (TPSA) is 51.2 Å². The van der Waals surface area contributed by atoms with Gasteiger partial charge in [-0.1, -0.05) is 47.2 Å². The molecule has 3 rings (SSSR count). The first-order valence-corrected chi connectivity index (χ1v) is 8.25. The van der Waals surface area contributed by atoms with Crippen LogP contribution in [0.15, 0.2) is 36.4 Å². The number of nitrogens with one attached hydrogen (secondary N) is 1. The molecule has 0 aliphatic heterocycles. The summed E-state index contributed by atoms with van der Waals surface area (Å²) in [7, 11) is 1.61. The molecule has 0 fully saturated rings. The van der Waals surface area contributed by atoms with E-state index in [1.807, 2.05) is 37.3 Å². The summed E-state index contributed by atoms with van der Waals surface area (Å²) in [5.74, 6) is 0.558. The van der Waals surface area contributed by atoms with Crippen LogP contribution < -0.4 is 10.1 Å². The monoisotopic (exact) mass is 346 g/mol. The maximum atomic E-state index is 12.2. The van der Waals surface area contributed by atoms with Crippen LogP contribution in [0.1, 0.15) is 11.1 Å². The summed E-state index contributed by atoms with van der Waals surface area (Å²) in [4.78, 5) is 16.7. The molecule has 0 bridgehead atoms. The van der Waals surface area contributed by atoms with E-state index >= 15 is 0 Å².